The summed E-state index contributed by atoms with van der Waals surface area (Å²) in [6.07, 6.45) is 0. The van der Waals surface area contributed by atoms with Crippen molar-refractivity contribution in [2.45, 2.75) is 6.92 Å². The topological polar surface area (TPSA) is 35.0 Å². The van der Waals surface area contributed by atoms with Crippen LogP contribution in [0.25, 0.3) is 10.2 Å². The van der Waals surface area contributed by atoms with Crippen LogP contribution in [0.5, 0.6) is 11.6 Å². The van der Waals surface area contributed by atoms with Crippen LogP contribution >= 0.6 is 22.9 Å². The van der Waals surface area contributed by atoms with Gasteiger partial charge in [-0.05, 0) is 36.7 Å². The van der Waals surface area contributed by atoms with Gasteiger partial charge >= 0.3 is 0 Å². The average Bonchev–Trinajstić information content (AvgIpc) is 2.74. The Labute approximate surface area is 121 Å². The molecule has 2 aromatic heterocycles. The molecule has 0 unspecified atom stereocenters. The quantitative estimate of drug-likeness (QED) is 0.642. The largest absolute Gasteiger partial charge is 0.435 e. The number of aryl methyl sites for hydroxylation is 1. The standard InChI is InChI=1S/C13H7ClF2N2OS/c1-6-4-8-11(17-13(14)18-12(8)20-6)19-10-5-7(15)2-3-9(10)16/h2-5H,1H3. The first-order chi connectivity index (χ1) is 9.52. The number of halogens is 3. The Kier molecular flexibility index (Phi) is 3.27. The third-order valence-electron chi connectivity index (χ3n) is 2.55. The van der Waals surface area contributed by atoms with E-state index < -0.39 is 11.6 Å². The fourth-order valence-electron chi connectivity index (χ4n) is 1.73. The maximum absolute atomic E-state index is 13.6. The first-order valence-electron chi connectivity index (χ1n) is 5.59. The van der Waals surface area contributed by atoms with E-state index in [0.29, 0.717) is 10.2 Å². The highest BCUT2D eigenvalue weighted by Gasteiger charge is 2.14. The molecular weight excluding hydrogens is 306 g/mol. The highest BCUT2D eigenvalue weighted by atomic mass is 35.5. The molecule has 20 heavy (non-hydrogen) atoms. The van der Waals surface area contributed by atoms with Crippen LogP contribution in [0.3, 0.4) is 0 Å². The molecule has 3 rings (SSSR count). The van der Waals surface area contributed by atoms with Gasteiger partial charge in [0.1, 0.15) is 10.6 Å². The maximum atomic E-state index is 13.6. The second kappa shape index (κ2) is 4.96. The fourth-order valence-corrected chi connectivity index (χ4v) is 2.81. The number of thiophene rings is 1. The molecule has 3 nitrogen and oxygen atoms in total. The molecule has 0 spiro atoms. The first-order valence-corrected chi connectivity index (χ1v) is 6.79. The molecule has 0 saturated carbocycles. The van der Waals surface area contributed by atoms with Gasteiger partial charge in [-0.1, -0.05) is 0 Å². The fraction of sp³-hybridized carbons (Fsp3) is 0.0769. The molecule has 0 aliphatic rings. The maximum Gasteiger partial charge on any atom is 0.232 e. The Morgan fingerprint density at radius 1 is 1.20 bits per heavy atom. The van der Waals surface area contributed by atoms with Crippen molar-refractivity contribution in [3.63, 3.8) is 0 Å². The molecule has 3 aromatic rings. The molecule has 0 N–H and O–H groups in total. The van der Waals surface area contributed by atoms with E-state index in [1.165, 1.54) is 11.3 Å². The first kappa shape index (κ1) is 13.2. The number of benzene rings is 1. The second-order valence-corrected chi connectivity index (χ2v) is 5.62. The number of hydrogen-bond acceptors (Lipinski definition) is 4. The Bertz CT molecular complexity index is 806. The SMILES string of the molecule is Cc1cc2c(Oc3cc(F)ccc3F)nc(Cl)nc2s1. The molecule has 1 aromatic carbocycles. The highest BCUT2D eigenvalue weighted by Crippen LogP contribution is 2.34. The van der Waals surface area contributed by atoms with E-state index in [4.69, 9.17) is 16.3 Å². The molecule has 102 valence electrons. The van der Waals surface area contributed by atoms with E-state index in [9.17, 15) is 8.78 Å². The molecule has 0 atom stereocenters. The predicted molar refractivity (Wildman–Crippen MR) is 73.6 cm³/mol. The zero-order valence-electron chi connectivity index (χ0n) is 10.2. The van der Waals surface area contributed by atoms with E-state index in [1.807, 2.05) is 13.0 Å². The number of rotatable bonds is 2. The van der Waals surface area contributed by atoms with Crippen LogP contribution in [0, 0.1) is 18.6 Å². The molecule has 0 aliphatic carbocycles. The summed E-state index contributed by atoms with van der Waals surface area (Å²) in [5, 5.41) is 0.603. The van der Waals surface area contributed by atoms with Crippen LogP contribution in [0.4, 0.5) is 8.78 Å². The Balaban J connectivity index is 2.12. The van der Waals surface area contributed by atoms with Gasteiger partial charge in [-0.25, -0.2) is 13.8 Å². The summed E-state index contributed by atoms with van der Waals surface area (Å²) in [5.74, 6) is -1.42. The minimum Gasteiger partial charge on any atom is -0.435 e. The van der Waals surface area contributed by atoms with Gasteiger partial charge in [0.2, 0.25) is 11.2 Å². The van der Waals surface area contributed by atoms with Crippen molar-refractivity contribution in [2.24, 2.45) is 0 Å². The lowest BCUT2D eigenvalue weighted by atomic mass is 10.3. The minimum atomic E-state index is -0.679. The lowest BCUT2D eigenvalue weighted by Gasteiger charge is -2.07. The van der Waals surface area contributed by atoms with Crippen LogP contribution in [0.1, 0.15) is 4.88 Å². The smallest absolute Gasteiger partial charge is 0.232 e. The number of ether oxygens (including phenoxy) is 1. The van der Waals surface area contributed by atoms with Crippen LogP contribution < -0.4 is 4.74 Å². The predicted octanol–water partition coefficient (Wildman–Crippen LogP) is 4.72. The summed E-state index contributed by atoms with van der Waals surface area (Å²) in [6.45, 7) is 1.90. The lowest BCUT2D eigenvalue weighted by Crippen LogP contribution is -1.94. The molecule has 0 fully saturated rings. The summed E-state index contributed by atoms with van der Waals surface area (Å²) in [4.78, 5) is 9.61. The second-order valence-electron chi connectivity index (χ2n) is 4.05. The van der Waals surface area contributed by atoms with Crippen LogP contribution in [0.2, 0.25) is 5.28 Å². The van der Waals surface area contributed by atoms with Crippen molar-refractivity contribution < 1.29 is 13.5 Å². The number of nitrogens with zero attached hydrogens (tertiary/aromatic N) is 2. The van der Waals surface area contributed by atoms with E-state index in [-0.39, 0.29) is 16.9 Å². The molecule has 2 heterocycles. The van der Waals surface area contributed by atoms with Gasteiger partial charge in [-0.2, -0.15) is 4.98 Å². The molecule has 0 bridgehead atoms. The summed E-state index contributed by atoms with van der Waals surface area (Å²) in [5.41, 5.74) is 0. The third-order valence-corrected chi connectivity index (χ3v) is 3.67. The highest BCUT2D eigenvalue weighted by molar-refractivity contribution is 7.18. The molecular formula is C13H7ClF2N2OS. The molecule has 0 aliphatic heterocycles. The van der Waals surface area contributed by atoms with Crippen molar-refractivity contribution in [3.8, 4) is 11.6 Å². The number of hydrogen-bond donors (Lipinski definition) is 0. The summed E-state index contributed by atoms with van der Waals surface area (Å²) >= 11 is 7.22. The van der Waals surface area contributed by atoms with Crippen LogP contribution in [-0.4, -0.2) is 9.97 Å². The number of aromatic nitrogens is 2. The number of fused-ring (bicyclic) bond motifs is 1. The van der Waals surface area contributed by atoms with Crippen molar-refractivity contribution in [3.05, 3.63) is 46.1 Å². The molecule has 0 radical (unpaired) electrons. The molecule has 0 amide bonds. The van der Waals surface area contributed by atoms with Gasteiger partial charge in [0, 0.05) is 10.9 Å². The Morgan fingerprint density at radius 2 is 2.00 bits per heavy atom. The van der Waals surface area contributed by atoms with Crippen molar-refractivity contribution in [2.75, 3.05) is 0 Å². The van der Waals surface area contributed by atoms with Crippen molar-refractivity contribution in [1.29, 1.82) is 0 Å². The van der Waals surface area contributed by atoms with Gasteiger partial charge in [0.25, 0.3) is 0 Å². The monoisotopic (exact) mass is 312 g/mol. The van der Waals surface area contributed by atoms with Gasteiger partial charge in [-0.3, -0.25) is 0 Å². The van der Waals surface area contributed by atoms with E-state index >= 15 is 0 Å². The zero-order valence-corrected chi connectivity index (χ0v) is 11.7. The van der Waals surface area contributed by atoms with Gasteiger partial charge in [-0.15, -0.1) is 11.3 Å². The summed E-state index contributed by atoms with van der Waals surface area (Å²) < 4.78 is 32.1. The van der Waals surface area contributed by atoms with Crippen LogP contribution in [0.15, 0.2) is 24.3 Å². The molecule has 0 saturated heterocycles. The molecule has 7 heteroatoms. The van der Waals surface area contributed by atoms with Gasteiger partial charge in [0.05, 0.1) is 5.39 Å². The average molecular weight is 313 g/mol. The van der Waals surface area contributed by atoms with Crippen LogP contribution in [-0.2, 0) is 0 Å². The van der Waals surface area contributed by atoms with Crippen molar-refractivity contribution in [1.82, 2.24) is 9.97 Å². The lowest BCUT2D eigenvalue weighted by molar-refractivity contribution is 0.426. The minimum absolute atomic E-state index is 0.00818. The van der Waals surface area contributed by atoms with Gasteiger partial charge in [0.15, 0.2) is 11.6 Å². The van der Waals surface area contributed by atoms with Gasteiger partial charge < -0.3 is 4.74 Å². The van der Waals surface area contributed by atoms with E-state index in [1.54, 1.807) is 0 Å². The summed E-state index contributed by atoms with van der Waals surface area (Å²) in [7, 11) is 0. The van der Waals surface area contributed by atoms with E-state index in [0.717, 1.165) is 23.1 Å². The normalized spacial score (nSPS) is 11.0. The van der Waals surface area contributed by atoms with Crippen molar-refractivity contribution >= 4 is 33.2 Å². The third kappa shape index (κ3) is 2.44. The Morgan fingerprint density at radius 3 is 2.80 bits per heavy atom. The zero-order chi connectivity index (χ0) is 14.3. The van der Waals surface area contributed by atoms with E-state index in [2.05, 4.69) is 9.97 Å². The summed E-state index contributed by atoms with van der Waals surface area (Å²) in [6, 6.07) is 4.77. The Hall–Kier alpha value is -1.79.